The van der Waals surface area contributed by atoms with Gasteiger partial charge in [0.1, 0.15) is 5.75 Å². The normalized spacial score (nSPS) is 10.6. The summed E-state index contributed by atoms with van der Waals surface area (Å²) >= 11 is 0. The number of aryl methyl sites for hydroxylation is 1. The molecule has 0 aliphatic rings. The Bertz CT molecular complexity index is 447. The van der Waals surface area contributed by atoms with Crippen molar-refractivity contribution in [3.05, 3.63) is 18.2 Å². The van der Waals surface area contributed by atoms with Crippen LogP contribution in [0.1, 0.15) is 0 Å². The van der Waals surface area contributed by atoms with Crippen LogP contribution in [0, 0.1) is 0 Å². The number of hydrogen-bond donors (Lipinski definition) is 1. The van der Waals surface area contributed by atoms with Crippen LogP contribution >= 0.6 is 0 Å². The molecule has 4 nitrogen and oxygen atoms in total. The minimum atomic E-state index is 0.556. The van der Waals surface area contributed by atoms with Gasteiger partial charge in [-0.2, -0.15) is 5.10 Å². The zero-order valence-electron chi connectivity index (χ0n) is 7.61. The molecule has 2 rings (SSSR count). The first-order chi connectivity index (χ1) is 6.22. The van der Waals surface area contributed by atoms with Gasteiger partial charge in [0.2, 0.25) is 0 Å². The Hall–Kier alpha value is -1.71. The van der Waals surface area contributed by atoms with Crippen molar-refractivity contribution in [2.75, 3.05) is 12.8 Å². The predicted octanol–water partition coefficient (Wildman–Crippen LogP) is 1.16. The lowest BCUT2D eigenvalue weighted by molar-refractivity contribution is 0.415. The molecule has 0 unspecified atom stereocenters. The SMILES string of the molecule is COc1ccc2c(N)nn(C)c2c1. The number of aromatic nitrogens is 2. The molecule has 4 heteroatoms. The van der Waals surface area contributed by atoms with E-state index in [1.54, 1.807) is 11.8 Å². The van der Waals surface area contributed by atoms with Crippen LogP contribution < -0.4 is 10.5 Å². The largest absolute Gasteiger partial charge is 0.497 e. The summed E-state index contributed by atoms with van der Waals surface area (Å²) in [7, 11) is 3.50. The summed E-state index contributed by atoms with van der Waals surface area (Å²) < 4.78 is 6.85. The Morgan fingerprint density at radius 3 is 2.92 bits per heavy atom. The predicted molar refractivity (Wildman–Crippen MR) is 51.7 cm³/mol. The lowest BCUT2D eigenvalue weighted by Gasteiger charge is -1.99. The fraction of sp³-hybridized carbons (Fsp3) is 0.222. The Morgan fingerprint density at radius 1 is 1.46 bits per heavy atom. The summed E-state index contributed by atoms with van der Waals surface area (Å²) in [5, 5.41) is 5.07. The molecule has 2 aromatic rings. The standard InChI is InChI=1S/C9H11N3O/c1-12-8-5-6(13-2)3-4-7(8)9(10)11-12/h3-5H,1-2H3,(H2,10,11). The number of nitrogen functional groups attached to an aromatic ring is 1. The molecule has 0 spiro atoms. The summed E-state index contributed by atoms with van der Waals surface area (Å²) in [5.74, 6) is 1.37. The number of nitrogens with zero attached hydrogens (tertiary/aromatic N) is 2. The fourth-order valence-electron chi connectivity index (χ4n) is 1.39. The molecule has 2 N–H and O–H groups in total. The third kappa shape index (κ3) is 1.11. The molecule has 0 aliphatic heterocycles. The van der Waals surface area contributed by atoms with E-state index in [9.17, 15) is 0 Å². The number of hydrogen-bond acceptors (Lipinski definition) is 3. The lowest BCUT2D eigenvalue weighted by Crippen LogP contribution is -1.91. The Morgan fingerprint density at radius 2 is 2.23 bits per heavy atom. The van der Waals surface area contributed by atoms with Gasteiger partial charge in [-0.3, -0.25) is 4.68 Å². The Labute approximate surface area is 75.9 Å². The number of benzene rings is 1. The lowest BCUT2D eigenvalue weighted by atomic mass is 10.2. The van der Waals surface area contributed by atoms with E-state index in [4.69, 9.17) is 10.5 Å². The van der Waals surface area contributed by atoms with Crippen molar-refractivity contribution >= 4 is 16.7 Å². The molecule has 0 amide bonds. The summed E-state index contributed by atoms with van der Waals surface area (Å²) in [4.78, 5) is 0. The number of ether oxygens (including phenoxy) is 1. The van der Waals surface area contributed by atoms with Gasteiger partial charge in [0.15, 0.2) is 5.82 Å². The molecule has 0 saturated carbocycles. The van der Waals surface area contributed by atoms with E-state index >= 15 is 0 Å². The number of nitrogens with two attached hydrogens (primary N) is 1. The van der Waals surface area contributed by atoms with Crippen molar-refractivity contribution < 1.29 is 4.74 Å². The third-order valence-electron chi connectivity index (χ3n) is 2.09. The van der Waals surface area contributed by atoms with Crippen LogP contribution in [0.5, 0.6) is 5.75 Å². The van der Waals surface area contributed by atoms with Crippen molar-refractivity contribution in [3.8, 4) is 5.75 Å². The highest BCUT2D eigenvalue weighted by atomic mass is 16.5. The molecule has 0 saturated heterocycles. The zero-order chi connectivity index (χ0) is 9.42. The van der Waals surface area contributed by atoms with Gasteiger partial charge in [-0.25, -0.2) is 0 Å². The van der Waals surface area contributed by atoms with Gasteiger partial charge in [-0.15, -0.1) is 0 Å². The number of rotatable bonds is 1. The Kier molecular flexibility index (Phi) is 1.62. The first-order valence-electron chi connectivity index (χ1n) is 3.98. The topological polar surface area (TPSA) is 53.1 Å². The zero-order valence-corrected chi connectivity index (χ0v) is 7.61. The maximum absolute atomic E-state index is 5.70. The highest BCUT2D eigenvalue weighted by Gasteiger charge is 2.05. The van der Waals surface area contributed by atoms with Crippen LogP contribution in [0.4, 0.5) is 5.82 Å². The van der Waals surface area contributed by atoms with Crippen molar-refractivity contribution in [2.24, 2.45) is 7.05 Å². The second-order valence-electron chi connectivity index (χ2n) is 2.89. The van der Waals surface area contributed by atoms with Gasteiger partial charge in [0.05, 0.1) is 12.6 Å². The van der Waals surface area contributed by atoms with Gasteiger partial charge in [0, 0.05) is 18.5 Å². The van der Waals surface area contributed by atoms with Crippen molar-refractivity contribution in [1.29, 1.82) is 0 Å². The third-order valence-corrected chi connectivity index (χ3v) is 2.09. The van der Waals surface area contributed by atoms with Gasteiger partial charge >= 0.3 is 0 Å². The second kappa shape index (κ2) is 2.65. The maximum Gasteiger partial charge on any atom is 0.153 e. The molecule has 0 aliphatic carbocycles. The molecule has 1 aromatic heterocycles. The maximum atomic E-state index is 5.70. The van der Waals surface area contributed by atoms with E-state index in [0.29, 0.717) is 5.82 Å². The van der Waals surface area contributed by atoms with E-state index in [-0.39, 0.29) is 0 Å². The molecule has 68 valence electrons. The van der Waals surface area contributed by atoms with E-state index in [1.807, 2.05) is 25.2 Å². The first-order valence-corrected chi connectivity index (χ1v) is 3.98. The van der Waals surface area contributed by atoms with E-state index in [0.717, 1.165) is 16.7 Å². The molecule has 0 radical (unpaired) electrons. The van der Waals surface area contributed by atoms with E-state index < -0.39 is 0 Å². The van der Waals surface area contributed by atoms with Gasteiger partial charge in [-0.05, 0) is 12.1 Å². The second-order valence-corrected chi connectivity index (χ2v) is 2.89. The van der Waals surface area contributed by atoms with Gasteiger partial charge in [-0.1, -0.05) is 0 Å². The van der Waals surface area contributed by atoms with Crippen LogP contribution in [0.15, 0.2) is 18.2 Å². The first kappa shape index (κ1) is 7.91. The smallest absolute Gasteiger partial charge is 0.153 e. The monoisotopic (exact) mass is 177 g/mol. The minimum absolute atomic E-state index is 0.556. The highest BCUT2D eigenvalue weighted by molar-refractivity contribution is 5.89. The summed E-state index contributed by atoms with van der Waals surface area (Å²) in [5.41, 5.74) is 6.68. The summed E-state index contributed by atoms with van der Waals surface area (Å²) in [6, 6.07) is 5.70. The molecule has 13 heavy (non-hydrogen) atoms. The molecular weight excluding hydrogens is 166 g/mol. The Balaban J connectivity index is 2.76. The summed E-state index contributed by atoms with van der Waals surface area (Å²) in [6.45, 7) is 0. The van der Waals surface area contributed by atoms with Gasteiger partial charge < -0.3 is 10.5 Å². The molecule has 1 aromatic carbocycles. The van der Waals surface area contributed by atoms with Crippen molar-refractivity contribution in [2.45, 2.75) is 0 Å². The number of methoxy groups -OCH3 is 1. The average Bonchev–Trinajstić information content (AvgIpc) is 2.42. The van der Waals surface area contributed by atoms with Crippen LogP contribution in [-0.2, 0) is 7.05 Å². The van der Waals surface area contributed by atoms with Crippen molar-refractivity contribution in [1.82, 2.24) is 9.78 Å². The molecule has 0 bridgehead atoms. The molecule has 0 atom stereocenters. The number of fused-ring (bicyclic) bond motifs is 1. The quantitative estimate of drug-likeness (QED) is 0.711. The fourth-order valence-corrected chi connectivity index (χ4v) is 1.39. The van der Waals surface area contributed by atoms with Crippen LogP contribution in [0.3, 0.4) is 0 Å². The summed E-state index contributed by atoms with van der Waals surface area (Å²) in [6.07, 6.45) is 0. The molecular formula is C9H11N3O. The minimum Gasteiger partial charge on any atom is -0.497 e. The van der Waals surface area contributed by atoms with Crippen LogP contribution in [-0.4, -0.2) is 16.9 Å². The highest BCUT2D eigenvalue weighted by Crippen LogP contribution is 2.23. The number of anilines is 1. The van der Waals surface area contributed by atoms with Gasteiger partial charge in [0.25, 0.3) is 0 Å². The van der Waals surface area contributed by atoms with E-state index in [2.05, 4.69) is 5.10 Å². The molecule has 1 heterocycles. The van der Waals surface area contributed by atoms with Crippen LogP contribution in [0.2, 0.25) is 0 Å². The van der Waals surface area contributed by atoms with Crippen molar-refractivity contribution in [3.63, 3.8) is 0 Å². The van der Waals surface area contributed by atoms with Crippen LogP contribution in [0.25, 0.3) is 10.9 Å². The molecule has 0 fully saturated rings. The van der Waals surface area contributed by atoms with E-state index in [1.165, 1.54) is 0 Å². The average molecular weight is 177 g/mol.